The SMILES string of the molecule is CC1CN(C(=O)c2cnc3nccnc3c2)CC2(CCOCC2)O1. The van der Waals surface area contributed by atoms with Crippen molar-refractivity contribution in [2.45, 2.75) is 31.5 Å². The number of ether oxygens (including phenoxy) is 2. The zero-order valence-corrected chi connectivity index (χ0v) is 13.6. The first-order valence-electron chi connectivity index (χ1n) is 8.27. The lowest BCUT2D eigenvalue weighted by Crippen LogP contribution is -2.58. The number of hydrogen-bond donors (Lipinski definition) is 0. The molecule has 7 nitrogen and oxygen atoms in total. The molecule has 1 atom stereocenters. The highest BCUT2D eigenvalue weighted by atomic mass is 16.5. The van der Waals surface area contributed by atoms with Gasteiger partial charge in [0.15, 0.2) is 5.65 Å². The van der Waals surface area contributed by atoms with Crippen molar-refractivity contribution >= 4 is 17.1 Å². The summed E-state index contributed by atoms with van der Waals surface area (Å²) in [6.07, 6.45) is 6.43. The Kier molecular flexibility index (Phi) is 3.90. The van der Waals surface area contributed by atoms with E-state index in [1.165, 1.54) is 0 Å². The molecule has 0 aliphatic carbocycles. The summed E-state index contributed by atoms with van der Waals surface area (Å²) in [6.45, 7) is 4.56. The molecule has 7 heteroatoms. The number of nitrogens with zero attached hydrogens (tertiary/aromatic N) is 4. The van der Waals surface area contributed by atoms with E-state index in [0.717, 1.165) is 12.8 Å². The van der Waals surface area contributed by atoms with Crippen LogP contribution in [0.3, 0.4) is 0 Å². The predicted molar refractivity (Wildman–Crippen MR) is 86.6 cm³/mol. The lowest BCUT2D eigenvalue weighted by molar-refractivity contribution is -0.176. The number of carbonyl (C=O) groups excluding carboxylic acids is 1. The highest BCUT2D eigenvalue weighted by Crippen LogP contribution is 2.32. The van der Waals surface area contributed by atoms with E-state index in [0.29, 0.717) is 43.0 Å². The lowest BCUT2D eigenvalue weighted by Gasteiger charge is -2.47. The first kappa shape index (κ1) is 15.4. The summed E-state index contributed by atoms with van der Waals surface area (Å²) in [6, 6.07) is 1.76. The number of rotatable bonds is 1. The average Bonchev–Trinajstić information content (AvgIpc) is 2.60. The number of hydrogen-bond acceptors (Lipinski definition) is 6. The van der Waals surface area contributed by atoms with Gasteiger partial charge < -0.3 is 14.4 Å². The maximum absolute atomic E-state index is 13.0. The van der Waals surface area contributed by atoms with E-state index in [4.69, 9.17) is 9.47 Å². The number of fused-ring (bicyclic) bond motifs is 1. The van der Waals surface area contributed by atoms with Crippen molar-refractivity contribution < 1.29 is 14.3 Å². The zero-order chi connectivity index (χ0) is 16.6. The number of amides is 1. The third-order valence-corrected chi connectivity index (χ3v) is 4.67. The van der Waals surface area contributed by atoms with E-state index >= 15 is 0 Å². The molecule has 2 aromatic rings. The van der Waals surface area contributed by atoms with Gasteiger partial charge in [-0.2, -0.15) is 0 Å². The summed E-state index contributed by atoms with van der Waals surface area (Å²) < 4.78 is 11.6. The fraction of sp³-hybridized carbons (Fsp3) is 0.529. The Balaban J connectivity index is 1.59. The molecule has 2 saturated heterocycles. The van der Waals surface area contributed by atoms with Gasteiger partial charge in [0.05, 0.1) is 23.8 Å². The van der Waals surface area contributed by atoms with Crippen LogP contribution in [-0.4, -0.2) is 63.8 Å². The third kappa shape index (κ3) is 2.85. The standard InChI is InChI=1S/C17H20N4O3/c1-12-10-21(11-17(24-12)2-6-23-7-3-17)16(22)13-8-14-15(20-9-13)19-5-4-18-14/h4-5,8-9,12H,2-3,6-7,10-11H2,1H3. The van der Waals surface area contributed by atoms with Crippen LogP contribution >= 0.6 is 0 Å². The lowest BCUT2D eigenvalue weighted by atomic mass is 9.91. The Bertz CT molecular complexity index is 760. The molecule has 0 radical (unpaired) electrons. The Morgan fingerprint density at radius 1 is 1.25 bits per heavy atom. The van der Waals surface area contributed by atoms with Crippen molar-refractivity contribution in [2.24, 2.45) is 0 Å². The maximum Gasteiger partial charge on any atom is 0.255 e. The quantitative estimate of drug-likeness (QED) is 0.788. The minimum Gasteiger partial charge on any atom is -0.381 e. The Hall–Kier alpha value is -2.12. The van der Waals surface area contributed by atoms with Crippen LogP contribution < -0.4 is 0 Å². The van der Waals surface area contributed by atoms with Crippen LogP contribution in [0.1, 0.15) is 30.1 Å². The molecule has 0 bridgehead atoms. The molecule has 1 amide bonds. The van der Waals surface area contributed by atoms with Crippen LogP contribution in [0.15, 0.2) is 24.7 Å². The van der Waals surface area contributed by atoms with Crippen molar-refractivity contribution in [2.75, 3.05) is 26.3 Å². The molecule has 2 aliphatic rings. The summed E-state index contributed by atoms with van der Waals surface area (Å²) in [5.74, 6) is -0.0314. The first-order valence-corrected chi connectivity index (χ1v) is 8.27. The molecule has 1 unspecified atom stereocenters. The maximum atomic E-state index is 13.0. The van der Waals surface area contributed by atoms with Gasteiger partial charge in [-0.25, -0.2) is 9.97 Å². The second-order valence-corrected chi connectivity index (χ2v) is 6.53. The van der Waals surface area contributed by atoms with Crippen molar-refractivity contribution in [3.8, 4) is 0 Å². The van der Waals surface area contributed by atoms with Crippen molar-refractivity contribution in [3.63, 3.8) is 0 Å². The van der Waals surface area contributed by atoms with E-state index < -0.39 is 0 Å². The van der Waals surface area contributed by atoms with Crippen molar-refractivity contribution in [1.82, 2.24) is 19.9 Å². The number of pyridine rings is 1. The molecule has 4 heterocycles. The van der Waals surface area contributed by atoms with E-state index in [1.54, 1.807) is 24.7 Å². The molecule has 2 fully saturated rings. The van der Waals surface area contributed by atoms with E-state index in [-0.39, 0.29) is 17.6 Å². The van der Waals surface area contributed by atoms with E-state index in [2.05, 4.69) is 15.0 Å². The minimum atomic E-state index is -0.282. The van der Waals surface area contributed by atoms with Gasteiger partial charge in [0.1, 0.15) is 5.52 Å². The van der Waals surface area contributed by atoms with E-state index in [9.17, 15) is 4.79 Å². The summed E-state index contributed by atoms with van der Waals surface area (Å²) in [7, 11) is 0. The van der Waals surface area contributed by atoms with Gasteiger partial charge in [0.2, 0.25) is 0 Å². The van der Waals surface area contributed by atoms with Crippen LogP contribution in [0, 0.1) is 0 Å². The monoisotopic (exact) mass is 328 g/mol. The van der Waals surface area contributed by atoms with Gasteiger partial charge >= 0.3 is 0 Å². The number of morpholine rings is 1. The van der Waals surface area contributed by atoms with Crippen molar-refractivity contribution in [1.29, 1.82) is 0 Å². The predicted octanol–water partition coefficient (Wildman–Crippen LogP) is 1.43. The van der Waals surface area contributed by atoms with Crippen molar-refractivity contribution in [3.05, 3.63) is 30.2 Å². The van der Waals surface area contributed by atoms with Gasteiger partial charge in [-0.3, -0.25) is 9.78 Å². The highest BCUT2D eigenvalue weighted by molar-refractivity contribution is 5.96. The fourth-order valence-electron chi connectivity index (χ4n) is 3.56. The van der Waals surface area contributed by atoms with Gasteiger partial charge in [0.25, 0.3) is 5.91 Å². The molecular formula is C17H20N4O3. The van der Waals surface area contributed by atoms with Gasteiger partial charge in [0, 0.05) is 51.2 Å². The number of carbonyl (C=O) groups is 1. The normalized spacial score (nSPS) is 23.5. The summed E-state index contributed by atoms with van der Waals surface area (Å²) in [5, 5.41) is 0. The molecule has 1 spiro atoms. The molecular weight excluding hydrogens is 308 g/mol. The highest BCUT2D eigenvalue weighted by Gasteiger charge is 2.42. The minimum absolute atomic E-state index is 0.00834. The molecule has 126 valence electrons. The zero-order valence-electron chi connectivity index (χ0n) is 13.6. The van der Waals surface area contributed by atoms with E-state index in [1.807, 2.05) is 11.8 Å². The Morgan fingerprint density at radius 3 is 2.88 bits per heavy atom. The largest absolute Gasteiger partial charge is 0.381 e. The van der Waals surface area contributed by atoms with Crippen LogP contribution in [0.5, 0.6) is 0 Å². The molecule has 0 aromatic carbocycles. The second-order valence-electron chi connectivity index (χ2n) is 6.53. The van der Waals surface area contributed by atoms with Gasteiger partial charge in [-0.05, 0) is 13.0 Å². The summed E-state index contributed by atoms with van der Waals surface area (Å²) >= 11 is 0. The third-order valence-electron chi connectivity index (χ3n) is 4.67. The van der Waals surface area contributed by atoms with Crippen LogP contribution in [0.4, 0.5) is 0 Å². The van der Waals surface area contributed by atoms with Crippen LogP contribution in [0.25, 0.3) is 11.2 Å². The smallest absolute Gasteiger partial charge is 0.255 e. The first-order chi connectivity index (χ1) is 11.7. The van der Waals surface area contributed by atoms with Gasteiger partial charge in [-0.1, -0.05) is 0 Å². The molecule has 4 rings (SSSR count). The molecule has 0 N–H and O–H groups in total. The second kappa shape index (κ2) is 6.07. The van der Waals surface area contributed by atoms with Crippen LogP contribution in [-0.2, 0) is 9.47 Å². The van der Waals surface area contributed by atoms with Crippen LogP contribution in [0.2, 0.25) is 0 Å². The average molecular weight is 328 g/mol. The Morgan fingerprint density at radius 2 is 2.04 bits per heavy atom. The molecule has 24 heavy (non-hydrogen) atoms. The molecule has 0 saturated carbocycles. The Labute approximate surface area is 140 Å². The summed E-state index contributed by atoms with van der Waals surface area (Å²) in [5.41, 5.74) is 1.44. The summed E-state index contributed by atoms with van der Waals surface area (Å²) in [4.78, 5) is 27.5. The van der Waals surface area contributed by atoms with Gasteiger partial charge in [-0.15, -0.1) is 0 Å². The molecule has 2 aliphatic heterocycles. The topological polar surface area (TPSA) is 77.4 Å². The fourth-order valence-corrected chi connectivity index (χ4v) is 3.56. The number of aromatic nitrogens is 3. The molecule has 2 aromatic heterocycles.